The predicted octanol–water partition coefficient (Wildman–Crippen LogP) is 1.58. The lowest BCUT2D eigenvalue weighted by Crippen LogP contribution is -2.13. The van der Waals surface area contributed by atoms with Crippen LogP contribution in [0.25, 0.3) is 0 Å². The summed E-state index contributed by atoms with van der Waals surface area (Å²) in [6.45, 7) is 4.13. The third-order valence-corrected chi connectivity index (χ3v) is 1.37. The van der Waals surface area contributed by atoms with Crippen molar-refractivity contribution in [2.24, 2.45) is 0 Å². The molecule has 1 heteroatoms. The van der Waals surface area contributed by atoms with Crippen molar-refractivity contribution in [3.05, 3.63) is 0 Å². The zero-order valence-corrected chi connectivity index (χ0v) is 5.98. The maximum atomic E-state index is 5.49. The second-order valence-electron chi connectivity index (χ2n) is 2.52. The highest BCUT2D eigenvalue weighted by molar-refractivity contribution is 5.03. The van der Waals surface area contributed by atoms with E-state index in [0.717, 1.165) is 12.8 Å². The Hall–Kier alpha value is -0.480. The molecule has 0 fully saturated rings. The van der Waals surface area contributed by atoms with Gasteiger partial charge in [-0.05, 0) is 13.8 Å². The fourth-order valence-corrected chi connectivity index (χ4v) is 0.925. The average Bonchev–Trinajstić information content (AvgIpc) is 1.93. The van der Waals surface area contributed by atoms with Crippen LogP contribution in [-0.2, 0) is 4.74 Å². The van der Waals surface area contributed by atoms with Crippen LogP contribution in [-0.4, -0.2) is 12.2 Å². The van der Waals surface area contributed by atoms with Gasteiger partial charge in [0, 0.05) is 12.8 Å². The summed E-state index contributed by atoms with van der Waals surface area (Å²) in [5.41, 5.74) is 0. The van der Waals surface area contributed by atoms with Gasteiger partial charge in [0.2, 0.25) is 0 Å². The first-order valence-corrected chi connectivity index (χ1v) is 3.40. The van der Waals surface area contributed by atoms with Crippen molar-refractivity contribution < 1.29 is 4.74 Å². The van der Waals surface area contributed by atoms with E-state index in [4.69, 9.17) is 4.74 Å². The van der Waals surface area contributed by atoms with Crippen LogP contribution < -0.4 is 0 Å². The van der Waals surface area contributed by atoms with Crippen molar-refractivity contribution in [3.63, 3.8) is 0 Å². The summed E-state index contributed by atoms with van der Waals surface area (Å²) in [7, 11) is 0. The van der Waals surface area contributed by atoms with Gasteiger partial charge in [-0.25, -0.2) is 0 Å². The van der Waals surface area contributed by atoms with E-state index < -0.39 is 0 Å². The summed E-state index contributed by atoms with van der Waals surface area (Å²) in [6.07, 6.45) is 2.44. The SMILES string of the molecule is C[C@@H]1CC#CC[C@H](C)O1. The van der Waals surface area contributed by atoms with Crippen LogP contribution in [0, 0.1) is 11.8 Å². The highest BCUT2D eigenvalue weighted by Crippen LogP contribution is 2.07. The Kier molecular flexibility index (Phi) is 2.13. The summed E-state index contributed by atoms with van der Waals surface area (Å²) >= 11 is 0. The third-order valence-electron chi connectivity index (χ3n) is 1.37. The van der Waals surface area contributed by atoms with Gasteiger partial charge in [0.1, 0.15) is 0 Å². The minimum Gasteiger partial charge on any atom is -0.374 e. The van der Waals surface area contributed by atoms with E-state index in [1.54, 1.807) is 0 Å². The lowest BCUT2D eigenvalue weighted by atomic mass is 10.3. The second-order valence-corrected chi connectivity index (χ2v) is 2.52. The number of rotatable bonds is 0. The van der Waals surface area contributed by atoms with Gasteiger partial charge in [0.25, 0.3) is 0 Å². The molecule has 0 radical (unpaired) electrons. The smallest absolute Gasteiger partial charge is 0.0660 e. The first kappa shape index (κ1) is 6.64. The second kappa shape index (κ2) is 2.89. The Balaban J connectivity index is 2.44. The molecule has 0 spiro atoms. The van der Waals surface area contributed by atoms with Gasteiger partial charge in [0.15, 0.2) is 0 Å². The topological polar surface area (TPSA) is 9.23 Å². The van der Waals surface area contributed by atoms with Crippen LogP contribution in [0.2, 0.25) is 0 Å². The fraction of sp³-hybridized carbons (Fsp3) is 0.750. The summed E-state index contributed by atoms with van der Waals surface area (Å²) in [4.78, 5) is 0. The quantitative estimate of drug-likeness (QED) is 0.445. The standard InChI is InChI=1S/C8H12O/c1-7-5-3-4-6-8(2)9-7/h7-8H,5-6H2,1-2H3/t7-,8+. The molecule has 50 valence electrons. The highest BCUT2D eigenvalue weighted by atomic mass is 16.5. The van der Waals surface area contributed by atoms with E-state index in [-0.39, 0.29) is 0 Å². The molecule has 9 heavy (non-hydrogen) atoms. The summed E-state index contributed by atoms with van der Waals surface area (Å²) in [5.74, 6) is 6.10. The van der Waals surface area contributed by atoms with Crippen molar-refractivity contribution in [3.8, 4) is 11.8 Å². The molecule has 1 nitrogen and oxygen atoms in total. The monoisotopic (exact) mass is 124 g/mol. The Labute approximate surface area is 56.4 Å². The predicted molar refractivity (Wildman–Crippen MR) is 37.0 cm³/mol. The van der Waals surface area contributed by atoms with Gasteiger partial charge in [-0.3, -0.25) is 0 Å². The molecule has 0 bridgehead atoms. The van der Waals surface area contributed by atoms with Crippen molar-refractivity contribution in [2.45, 2.75) is 38.9 Å². The van der Waals surface area contributed by atoms with Crippen LogP contribution in [0.5, 0.6) is 0 Å². The molecule has 0 aromatic heterocycles. The minimum atomic E-state index is 0.329. The molecule has 0 amide bonds. The average molecular weight is 124 g/mol. The van der Waals surface area contributed by atoms with E-state index in [1.807, 2.05) is 0 Å². The van der Waals surface area contributed by atoms with Crippen LogP contribution >= 0.6 is 0 Å². The normalized spacial score (nSPS) is 34.4. The van der Waals surface area contributed by atoms with Gasteiger partial charge in [-0.15, -0.1) is 11.8 Å². The largest absolute Gasteiger partial charge is 0.374 e. The lowest BCUT2D eigenvalue weighted by Gasteiger charge is -2.12. The molecule has 1 aliphatic rings. The van der Waals surface area contributed by atoms with Crippen molar-refractivity contribution in [1.29, 1.82) is 0 Å². The number of hydrogen-bond acceptors (Lipinski definition) is 1. The first-order valence-electron chi connectivity index (χ1n) is 3.40. The van der Waals surface area contributed by atoms with Crippen molar-refractivity contribution in [1.82, 2.24) is 0 Å². The molecule has 1 aliphatic heterocycles. The lowest BCUT2D eigenvalue weighted by molar-refractivity contribution is 0.0171. The molecular formula is C8H12O. The van der Waals surface area contributed by atoms with Gasteiger partial charge in [-0.1, -0.05) is 0 Å². The summed E-state index contributed by atoms with van der Waals surface area (Å²) in [6, 6.07) is 0. The van der Waals surface area contributed by atoms with Crippen LogP contribution in [0.1, 0.15) is 26.7 Å². The maximum Gasteiger partial charge on any atom is 0.0660 e. The Morgan fingerprint density at radius 3 is 2.00 bits per heavy atom. The molecule has 1 rings (SSSR count). The number of ether oxygens (including phenoxy) is 1. The summed E-state index contributed by atoms with van der Waals surface area (Å²) in [5, 5.41) is 0. The van der Waals surface area contributed by atoms with Gasteiger partial charge >= 0.3 is 0 Å². The maximum absolute atomic E-state index is 5.49. The van der Waals surface area contributed by atoms with E-state index in [2.05, 4.69) is 25.7 Å². The fourth-order valence-electron chi connectivity index (χ4n) is 0.925. The molecule has 0 N–H and O–H groups in total. The Morgan fingerprint density at radius 2 is 1.56 bits per heavy atom. The molecule has 0 saturated heterocycles. The molecule has 0 aliphatic carbocycles. The molecule has 0 saturated carbocycles. The van der Waals surface area contributed by atoms with Crippen LogP contribution in [0.4, 0.5) is 0 Å². The minimum absolute atomic E-state index is 0.329. The van der Waals surface area contributed by atoms with E-state index in [9.17, 15) is 0 Å². The van der Waals surface area contributed by atoms with Gasteiger partial charge < -0.3 is 4.74 Å². The van der Waals surface area contributed by atoms with Crippen molar-refractivity contribution >= 4 is 0 Å². The van der Waals surface area contributed by atoms with Gasteiger partial charge in [0.05, 0.1) is 12.2 Å². The van der Waals surface area contributed by atoms with Crippen LogP contribution in [0.3, 0.4) is 0 Å². The van der Waals surface area contributed by atoms with Crippen molar-refractivity contribution in [2.75, 3.05) is 0 Å². The third kappa shape index (κ3) is 2.07. The molecule has 0 unspecified atom stereocenters. The Bertz CT molecular complexity index is 126. The van der Waals surface area contributed by atoms with E-state index in [0.29, 0.717) is 12.2 Å². The van der Waals surface area contributed by atoms with E-state index in [1.165, 1.54) is 0 Å². The van der Waals surface area contributed by atoms with Gasteiger partial charge in [-0.2, -0.15) is 0 Å². The molecule has 0 aromatic carbocycles. The van der Waals surface area contributed by atoms with Crippen LogP contribution in [0.15, 0.2) is 0 Å². The van der Waals surface area contributed by atoms with E-state index >= 15 is 0 Å². The summed E-state index contributed by atoms with van der Waals surface area (Å²) < 4.78 is 5.49. The molecule has 0 aromatic rings. The molecular weight excluding hydrogens is 112 g/mol. The number of hydrogen-bond donors (Lipinski definition) is 0. The zero-order chi connectivity index (χ0) is 6.69. The molecule has 1 heterocycles. The highest BCUT2D eigenvalue weighted by Gasteiger charge is 2.07. The first-order chi connectivity index (χ1) is 4.29. The molecule has 2 atom stereocenters. The Morgan fingerprint density at radius 1 is 1.11 bits per heavy atom. The zero-order valence-electron chi connectivity index (χ0n) is 5.98.